The van der Waals surface area contributed by atoms with Gasteiger partial charge in [-0.25, -0.2) is 4.98 Å². The molecule has 2 rings (SSSR count). The molecule has 0 amide bonds. The van der Waals surface area contributed by atoms with Gasteiger partial charge in [0.05, 0.1) is 6.61 Å². The highest BCUT2D eigenvalue weighted by atomic mass is 16.5. The van der Waals surface area contributed by atoms with E-state index >= 15 is 0 Å². The van der Waals surface area contributed by atoms with E-state index in [1.54, 1.807) is 18.3 Å². The van der Waals surface area contributed by atoms with Gasteiger partial charge in [-0.2, -0.15) is 5.26 Å². The second-order valence-electron chi connectivity index (χ2n) is 4.38. The number of pyridine rings is 1. The third-order valence-corrected chi connectivity index (χ3v) is 3.25. The van der Waals surface area contributed by atoms with E-state index in [4.69, 9.17) is 10.00 Å². The van der Waals surface area contributed by atoms with Crippen molar-refractivity contribution < 1.29 is 4.74 Å². The van der Waals surface area contributed by atoms with Crippen LogP contribution in [0.15, 0.2) is 18.3 Å². The van der Waals surface area contributed by atoms with Crippen LogP contribution in [0.2, 0.25) is 0 Å². The maximum atomic E-state index is 8.89. The summed E-state index contributed by atoms with van der Waals surface area (Å²) in [6.07, 6.45) is 5.16. The number of hydrogen-bond donors (Lipinski definition) is 0. The molecule has 0 radical (unpaired) electrons. The van der Waals surface area contributed by atoms with E-state index in [1.807, 2.05) is 0 Å². The average Bonchev–Trinajstić information content (AvgIpc) is 2.76. The molecule has 1 aliphatic heterocycles. The van der Waals surface area contributed by atoms with Crippen molar-refractivity contribution in [1.29, 1.82) is 5.26 Å². The summed E-state index contributed by atoms with van der Waals surface area (Å²) >= 11 is 0. The molecule has 1 aromatic heterocycles. The topological polar surface area (TPSA) is 49.1 Å². The van der Waals surface area contributed by atoms with Crippen LogP contribution in [0.3, 0.4) is 0 Å². The molecule has 1 fully saturated rings. The molecule has 1 saturated heterocycles. The summed E-state index contributed by atoms with van der Waals surface area (Å²) in [6, 6.07) is 6.17. The number of rotatable bonds is 4. The fourth-order valence-corrected chi connectivity index (χ4v) is 2.23. The van der Waals surface area contributed by atoms with E-state index in [1.165, 1.54) is 19.4 Å². The van der Waals surface area contributed by atoms with Crippen molar-refractivity contribution in [3.63, 3.8) is 0 Å². The summed E-state index contributed by atoms with van der Waals surface area (Å²) < 4.78 is 5.58. The summed E-state index contributed by atoms with van der Waals surface area (Å²) in [5.41, 5.74) is 0.507. The normalized spacial score (nSPS) is 20.1. The molecule has 17 heavy (non-hydrogen) atoms. The zero-order valence-electron chi connectivity index (χ0n) is 10.1. The highest BCUT2D eigenvalue weighted by Crippen LogP contribution is 2.19. The lowest BCUT2D eigenvalue weighted by molar-refractivity contribution is 0.228. The number of likely N-dealkylation sites (tertiary alicyclic amines) is 1. The Labute approximate surface area is 102 Å². The van der Waals surface area contributed by atoms with Crippen LogP contribution in [0, 0.1) is 11.3 Å². The first kappa shape index (κ1) is 11.9. The molecule has 4 nitrogen and oxygen atoms in total. The van der Waals surface area contributed by atoms with Gasteiger partial charge in [0.1, 0.15) is 11.6 Å². The largest absolute Gasteiger partial charge is 0.477 e. The fourth-order valence-electron chi connectivity index (χ4n) is 2.23. The molecule has 1 aliphatic rings. The summed E-state index contributed by atoms with van der Waals surface area (Å²) in [6.45, 7) is 1.80. The zero-order chi connectivity index (χ0) is 12.1. The van der Waals surface area contributed by atoms with Crippen molar-refractivity contribution in [2.24, 2.45) is 0 Å². The van der Waals surface area contributed by atoms with Crippen LogP contribution in [-0.4, -0.2) is 36.1 Å². The van der Waals surface area contributed by atoms with Crippen molar-refractivity contribution in [3.8, 4) is 11.9 Å². The first-order valence-electron chi connectivity index (χ1n) is 5.99. The highest BCUT2D eigenvalue weighted by molar-refractivity contribution is 5.36. The molecule has 0 N–H and O–H groups in total. The van der Waals surface area contributed by atoms with Gasteiger partial charge < -0.3 is 9.64 Å². The number of nitriles is 1. The smallest absolute Gasteiger partial charge is 0.231 e. The third-order valence-electron chi connectivity index (χ3n) is 3.25. The van der Waals surface area contributed by atoms with Gasteiger partial charge in [-0.1, -0.05) is 0 Å². The lowest BCUT2D eigenvalue weighted by Crippen LogP contribution is -2.26. The zero-order valence-corrected chi connectivity index (χ0v) is 10.1. The summed E-state index contributed by atoms with van der Waals surface area (Å²) in [5.74, 6) is 0.454. The Bertz CT molecular complexity index is 413. The van der Waals surface area contributed by atoms with Crippen LogP contribution in [0.25, 0.3) is 0 Å². The van der Waals surface area contributed by atoms with Gasteiger partial charge in [-0.15, -0.1) is 0 Å². The van der Waals surface area contributed by atoms with Crippen LogP contribution in [0.1, 0.15) is 24.8 Å². The Morgan fingerprint density at radius 3 is 3.24 bits per heavy atom. The Kier molecular flexibility index (Phi) is 3.94. The standard InChI is InChI=1S/C13H17N3O/c1-16-8-3-5-12(16)6-9-17-13-11(10-14)4-2-7-15-13/h2,4,7,12H,3,5-6,8-9H2,1H3. The second-order valence-corrected chi connectivity index (χ2v) is 4.38. The Balaban J connectivity index is 1.84. The quantitative estimate of drug-likeness (QED) is 0.793. The van der Waals surface area contributed by atoms with E-state index in [0.29, 0.717) is 24.1 Å². The molecular formula is C13H17N3O. The lowest BCUT2D eigenvalue weighted by Gasteiger charge is -2.19. The monoisotopic (exact) mass is 231 g/mol. The van der Waals surface area contributed by atoms with Crippen molar-refractivity contribution >= 4 is 0 Å². The molecule has 0 aromatic carbocycles. The van der Waals surface area contributed by atoms with Crippen LogP contribution in [0.5, 0.6) is 5.88 Å². The van der Waals surface area contributed by atoms with Crippen molar-refractivity contribution in [1.82, 2.24) is 9.88 Å². The van der Waals surface area contributed by atoms with Crippen molar-refractivity contribution in [2.45, 2.75) is 25.3 Å². The first-order valence-corrected chi connectivity index (χ1v) is 5.99. The van der Waals surface area contributed by atoms with Gasteiger partial charge in [0.2, 0.25) is 5.88 Å². The van der Waals surface area contributed by atoms with Gasteiger partial charge >= 0.3 is 0 Å². The van der Waals surface area contributed by atoms with Crippen LogP contribution >= 0.6 is 0 Å². The predicted octanol–water partition coefficient (Wildman–Crippen LogP) is 1.82. The molecule has 1 aromatic rings. The van der Waals surface area contributed by atoms with E-state index in [2.05, 4.69) is 23.0 Å². The minimum absolute atomic E-state index is 0.454. The lowest BCUT2D eigenvalue weighted by atomic mass is 10.1. The molecule has 0 bridgehead atoms. The number of aromatic nitrogens is 1. The van der Waals surface area contributed by atoms with Crippen molar-refractivity contribution in [3.05, 3.63) is 23.9 Å². The van der Waals surface area contributed by atoms with Crippen LogP contribution < -0.4 is 4.74 Å². The predicted molar refractivity (Wildman–Crippen MR) is 64.7 cm³/mol. The van der Waals surface area contributed by atoms with Crippen LogP contribution in [0.4, 0.5) is 0 Å². The summed E-state index contributed by atoms with van der Waals surface area (Å²) in [7, 11) is 2.15. The van der Waals surface area contributed by atoms with E-state index in [9.17, 15) is 0 Å². The van der Waals surface area contributed by atoms with E-state index in [0.717, 1.165) is 6.42 Å². The molecule has 2 heterocycles. The minimum atomic E-state index is 0.454. The van der Waals surface area contributed by atoms with E-state index < -0.39 is 0 Å². The fraction of sp³-hybridized carbons (Fsp3) is 0.538. The minimum Gasteiger partial charge on any atom is -0.477 e. The molecule has 1 atom stereocenters. The van der Waals surface area contributed by atoms with Gasteiger partial charge in [0, 0.05) is 12.2 Å². The molecule has 0 saturated carbocycles. The van der Waals surface area contributed by atoms with Crippen molar-refractivity contribution in [2.75, 3.05) is 20.2 Å². The van der Waals surface area contributed by atoms with Gasteiger partial charge in [0.15, 0.2) is 0 Å². The first-order chi connectivity index (χ1) is 8.31. The van der Waals surface area contributed by atoms with E-state index in [-0.39, 0.29) is 0 Å². The number of hydrogen-bond acceptors (Lipinski definition) is 4. The maximum Gasteiger partial charge on any atom is 0.231 e. The summed E-state index contributed by atoms with van der Waals surface area (Å²) in [5, 5.41) is 8.89. The third kappa shape index (κ3) is 2.95. The molecule has 1 unspecified atom stereocenters. The molecule has 0 spiro atoms. The molecule has 90 valence electrons. The van der Waals surface area contributed by atoms with Gasteiger partial charge in [-0.05, 0) is 45.0 Å². The maximum absolute atomic E-state index is 8.89. The molecule has 0 aliphatic carbocycles. The highest BCUT2D eigenvalue weighted by Gasteiger charge is 2.20. The molecule has 4 heteroatoms. The average molecular weight is 231 g/mol. The summed E-state index contributed by atoms with van der Waals surface area (Å²) in [4.78, 5) is 6.44. The Morgan fingerprint density at radius 1 is 1.65 bits per heavy atom. The second kappa shape index (κ2) is 5.65. The van der Waals surface area contributed by atoms with Gasteiger partial charge in [0.25, 0.3) is 0 Å². The number of nitrogens with zero attached hydrogens (tertiary/aromatic N) is 3. The van der Waals surface area contributed by atoms with Gasteiger partial charge in [-0.3, -0.25) is 0 Å². The Hall–Kier alpha value is -1.60. The number of ether oxygens (including phenoxy) is 1. The SMILES string of the molecule is CN1CCCC1CCOc1ncccc1C#N. The Morgan fingerprint density at radius 2 is 2.53 bits per heavy atom. The molecular weight excluding hydrogens is 214 g/mol. The van der Waals surface area contributed by atoms with Crippen LogP contribution in [-0.2, 0) is 0 Å².